The molecule has 1 aromatic heterocycles. The summed E-state index contributed by atoms with van der Waals surface area (Å²) in [5.74, 6) is 1.91. The number of halogens is 1. The van der Waals surface area contributed by atoms with Crippen LogP contribution in [0.15, 0.2) is 22.6 Å². The third-order valence-electron chi connectivity index (χ3n) is 2.43. The molecule has 0 unspecified atom stereocenters. The van der Waals surface area contributed by atoms with Crippen molar-refractivity contribution in [2.24, 2.45) is 5.10 Å². The lowest BCUT2D eigenvalue weighted by Gasteiger charge is -2.11. The van der Waals surface area contributed by atoms with Crippen LogP contribution in [-0.2, 0) is 0 Å². The van der Waals surface area contributed by atoms with Crippen molar-refractivity contribution in [2.75, 3.05) is 24.9 Å². The van der Waals surface area contributed by atoms with Gasteiger partial charge in [-0.25, -0.2) is 4.98 Å². The van der Waals surface area contributed by atoms with Crippen molar-refractivity contribution in [3.63, 3.8) is 0 Å². The third-order valence-corrected chi connectivity index (χ3v) is 4.00. The van der Waals surface area contributed by atoms with E-state index in [1.54, 1.807) is 18.7 Å². The Morgan fingerprint density at radius 3 is 2.95 bits per heavy atom. The summed E-state index contributed by atoms with van der Waals surface area (Å²) in [5, 5.41) is 6.54. The summed E-state index contributed by atoms with van der Waals surface area (Å²) in [5.41, 5.74) is 9.28. The zero-order chi connectivity index (χ0) is 15.2. The van der Waals surface area contributed by atoms with Crippen molar-refractivity contribution in [3.8, 4) is 11.5 Å². The maximum atomic E-state index is 5.58. The van der Waals surface area contributed by atoms with Gasteiger partial charge >= 0.3 is 0 Å². The zero-order valence-corrected chi connectivity index (χ0v) is 14.6. The smallest absolute Gasteiger partial charge is 0.205 e. The van der Waals surface area contributed by atoms with Crippen LogP contribution in [0, 0.1) is 3.57 Å². The minimum atomic E-state index is 0.482. The fourth-order valence-electron chi connectivity index (χ4n) is 1.62. The lowest BCUT2D eigenvalue weighted by Crippen LogP contribution is -1.99. The normalized spacial score (nSPS) is 10.8. The first-order valence-electron chi connectivity index (χ1n) is 6.14. The van der Waals surface area contributed by atoms with Gasteiger partial charge < -0.3 is 15.2 Å². The fourth-order valence-corrected chi connectivity index (χ4v) is 3.02. The Bertz CT molecular complexity index is 645. The molecular weight excluding hydrogens is 403 g/mol. The van der Waals surface area contributed by atoms with Crippen LogP contribution in [0.25, 0.3) is 0 Å². The van der Waals surface area contributed by atoms with Gasteiger partial charge in [0.2, 0.25) is 5.13 Å². The Balaban J connectivity index is 2.15. The Morgan fingerprint density at radius 2 is 2.33 bits per heavy atom. The molecule has 2 aromatic rings. The first-order chi connectivity index (χ1) is 10.1. The average molecular weight is 418 g/mol. The number of thiazole rings is 1. The average Bonchev–Trinajstić information content (AvgIpc) is 2.85. The highest BCUT2D eigenvalue weighted by atomic mass is 127. The number of hydrogen-bond donors (Lipinski definition) is 2. The molecule has 0 amide bonds. The second kappa shape index (κ2) is 7.46. The van der Waals surface area contributed by atoms with Crippen molar-refractivity contribution in [1.29, 1.82) is 0 Å². The van der Waals surface area contributed by atoms with Crippen molar-refractivity contribution in [2.45, 2.75) is 6.92 Å². The number of nitrogen functional groups attached to an aromatic ring is 1. The maximum Gasteiger partial charge on any atom is 0.205 e. The highest BCUT2D eigenvalue weighted by Gasteiger charge is 2.10. The van der Waals surface area contributed by atoms with E-state index in [0.717, 1.165) is 14.9 Å². The van der Waals surface area contributed by atoms with Gasteiger partial charge in [0.1, 0.15) is 5.82 Å². The number of ether oxygens (including phenoxy) is 2. The minimum Gasteiger partial charge on any atom is -0.492 e. The van der Waals surface area contributed by atoms with E-state index in [9.17, 15) is 0 Å². The van der Waals surface area contributed by atoms with Gasteiger partial charge in [-0.05, 0) is 47.2 Å². The number of hydrogen-bond acceptors (Lipinski definition) is 7. The van der Waals surface area contributed by atoms with Crippen molar-refractivity contribution in [1.82, 2.24) is 4.98 Å². The highest BCUT2D eigenvalue weighted by Crippen LogP contribution is 2.33. The molecule has 1 heterocycles. The summed E-state index contributed by atoms with van der Waals surface area (Å²) >= 11 is 3.60. The lowest BCUT2D eigenvalue weighted by atomic mass is 10.2. The number of hydrazone groups is 1. The Morgan fingerprint density at radius 1 is 1.52 bits per heavy atom. The minimum absolute atomic E-state index is 0.482. The first kappa shape index (κ1) is 15.8. The van der Waals surface area contributed by atoms with Gasteiger partial charge in [0.15, 0.2) is 11.5 Å². The molecule has 0 saturated carbocycles. The van der Waals surface area contributed by atoms with E-state index < -0.39 is 0 Å². The summed E-state index contributed by atoms with van der Waals surface area (Å²) in [7, 11) is 1.63. The van der Waals surface area contributed by atoms with Crippen LogP contribution in [0.5, 0.6) is 11.5 Å². The second-order valence-corrected chi connectivity index (χ2v) is 5.93. The molecule has 0 atom stereocenters. The molecule has 1 aromatic carbocycles. The predicted molar refractivity (Wildman–Crippen MR) is 94.6 cm³/mol. The van der Waals surface area contributed by atoms with Crippen molar-refractivity contribution < 1.29 is 9.47 Å². The van der Waals surface area contributed by atoms with Gasteiger partial charge in [0.05, 0.1) is 23.5 Å². The Kier molecular flexibility index (Phi) is 5.62. The molecule has 0 bridgehead atoms. The van der Waals surface area contributed by atoms with E-state index in [0.29, 0.717) is 23.3 Å². The van der Waals surface area contributed by atoms with Crippen molar-refractivity contribution in [3.05, 3.63) is 26.6 Å². The largest absolute Gasteiger partial charge is 0.492 e. The molecule has 0 spiro atoms. The molecule has 112 valence electrons. The van der Waals surface area contributed by atoms with E-state index in [-0.39, 0.29) is 0 Å². The predicted octanol–water partition coefficient (Wildman–Crippen LogP) is 3.18. The first-order valence-corrected chi connectivity index (χ1v) is 8.10. The van der Waals surface area contributed by atoms with Gasteiger partial charge in [0.25, 0.3) is 0 Å². The molecule has 0 aliphatic heterocycles. The van der Waals surface area contributed by atoms with Crippen LogP contribution in [0.4, 0.5) is 10.9 Å². The Hall–Kier alpha value is -1.55. The topological polar surface area (TPSA) is 81.8 Å². The van der Waals surface area contributed by atoms with Crippen LogP contribution in [0.3, 0.4) is 0 Å². The third kappa shape index (κ3) is 4.21. The number of methoxy groups -OCH3 is 1. The molecule has 0 fully saturated rings. The number of nitrogens with one attached hydrogen (secondary N) is 1. The number of benzene rings is 1. The second-order valence-electron chi connectivity index (χ2n) is 3.91. The van der Waals surface area contributed by atoms with Crippen LogP contribution in [0.1, 0.15) is 12.5 Å². The molecule has 0 aliphatic carbocycles. The number of rotatable bonds is 6. The molecule has 6 nitrogen and oxygen atoms in total. The standard InChI is InChI=1S/C13H15IN4O2S/c1-3-20-10-5-8(4-9(14)12(10)19-2)6-16-18-13-17-11(15)7-21-13/h4-7H,3,15H2,1-2H3,(H,17,18). The fraction of sp³-hybridized carbons (Fsp3) is 0.231. The SMILES string of the molecule is CCOc1cc(C=NNc2nc(N)cs2)cc(I)c1OC. The number of nitrogens with zero attached hydrogens (tertiary/aromatic N) is 2. The van der Waals surface area contributed by atoms with Crippen LogP contribution in [0.2, 0.25) is 0 Å². The molecule has 8 heteroatoms. The quantitative estimate of drug-likeness (QED) is 0.428. The monoisotopic (exact) mass is 418 g/mol. The Labute approximate surface area is 140 Å². The number of anilines is 2. The summed E-state index contributed by atoms with van der Waals surface area (Å²) in [6, 6.07) is 3.84. The lowest BCUT2D eigenvalue weighted by molar-refractivity contribution is 0.309. The summed E-state index contributed by atoms with van der Waals surface area (Å²) in [6.07, 6.45) is 1.70. The van der Waals surface area contributed by atoms with E-state index in [4.69, 9.17) is 15.2 Å². The number of aromatic nitrogens is 1. The maximum absolute atomic E-state index is 5.58. The van der Waals surface area contributed by atoms with E-state index in [2.05, 4.69) is 38.1 Å². The van der Waals surface area contributed by atoms with Gasteiger partial charge in [0, 0.05) is 5.38 Å². The molecule has 3 N–H and O–H groups in total. The molecular formula is C13H15IN4O2S. The van der Waals surface area contributed by atoms with Crippen molar-refractivity contribution >= 4 is 51.1 Å². The highest BCUT2D eigenvalue weighted by molar-refractivity contribution is 14.1. The summed E-state index contributed by atoms with van der Waals surface area (Å²) in [6.45, 7) is 2.51. The molecule has 2 rings (SSSR count). The van der Waals surface area contributed by atoms with Crippen LogP contribution >= 0.6 is 33.9 Å². The molecule has 0 saturated heterocycles. The van der Waals surface area contributed by atoms with E-state index in [1.165, 1.54) is 11.3 Å². The van der Waals surface area contributed by atoms with E-state index in [1.807, 2.05) is 19.1 Å². The number of nitrogens with two attached hydrogens (primary N) is 1. The van der Waals surface area contributed by atoms with Gasteiger partial charge in [-0.2, -0.15) is 5.10 Å². The molecule has 0 aliphatic rings. The van der Waals surface area contributed by atoms with Crippen LogP contribution < -0.4 is 20.6 Å². The van der Waals surface area contributed by atoms with E-state index >= 15 is 0 Å². The van der Waals surface area contributed by atoms with Gasteiger partial charge in [-0.3, -0.25) is 5.43 Å². The zero-order valence-electron chi connectivity index (χ0n) is 11.6. The summed E-state index contributed by atoms with van der Waals surface area (Å²) in [4.78, 5) is 4.06. The molecule has 21 heavy (non-hydrogen) atoms. The van der Waals surface area contributed by atoms with Crippen LogP contribution in [-0.4, -0.2) is 24.9 Å². The molecule has 0 radical (unpaired) electrons. The summed E-state index contributed by atoms with van der Waals surface area (Å²) < 4.78 is 11.9. The van der Waals surface area contributed by atoms with Gasteiger partial charge in [-0.1, -0.05) is 0 Å². The van der Waals surface area contributed by atoms with Gasteiger partial charge in [-0.15, -0.1) is 11.3 Å².